The molecule has 0 fully saturated rings. The van der Waals surface area contributed by atoms with Crippen LogP contribution in [0.15, 0.2) is 47.0 Å². The second-order valence-corrected chi connectivity index (χ2v) is 8.73. The lowest BCUT2D eigenvalue weighted by atomic mass is 10.1. The van der Waals surface area contributed by atoms with E-state index in [1.54, 1.807) is 49.4 Å². The highest BCUT2D eigenvalue weighted by Crippen LogP contribution is 2.22. The number of nitrogens with zero attached hydrogens (tertiary/aromatic N) is 1. The van der Waals surface area contributed by atoms with Crippen LogP contribution >= 0.6 is 0 Å². The average Bonchev–Trinajstić information content (AvgIpc) is 2.99. The molecule has 1 heterocycles. The molecule has 0 atom stereocenters. The number of nitrogens with one attached hydrogen (secondary N) is 2. The number of hydrogen-bond donors (Lipinski definition) is 2. The summed E-state index contributed by atoms with van der Waals surface area (Å²) in [5, 5.41) is 6.70. The molecule has 158 valence electrons. The zero-order valence-electron chi connectivity index (χ0n) is 17.1. The fourth-order valence-electron chi connectivity index (χ4n) is 2.85. The number of aryl methyl sites for hydroxylation is 3. The van der Waals surface area contributed by atoms with Gasteiger partial charge in [-0.25, -0.2) is 8.42 Å². The summed E-state index contributed by atoms with van der Waals surface area (Å²) in [6, 6.07) is 11.8. The molecule has 9 heteroatoms. The molecule has 0 saturated heterocycles. The number of hydrogen-bond acceptors (Lipinski definition) is 6. The zero-order chi connectivity index (χ0) is 21.9. The van der Waals surface area contributed by atoms with E-state index in [1.807, 2.05) is 13.8 Å². The van der Waals surface area contributed by atoms with Gasteiger partial charge in [0.1, 0.15) is 18.1 Å². The first-order valence-corrected chi connectivity index (χ1v) is 11.1. The minimum absolute atomic E-state index is 0.292. The fourth-order valence-corrected chi connectivity index (χ4v) is 3.48. The van der Waals surface area contributed by atoms with E-state index in [1.165, 1.54) is 0 Å². The normalized spacial score (nSPS) is 11.2. The third kappa shape index (κ3) is 5.38. The number of ether oxygens (including phenoxy) is 1. The number of anilines is 2. The Hall–Kier alpha value is -3.33. The van der Waals surface area contributed by atoms with Gasteiger partial charge in [0.05, 0.1) is 23.2 Å². The highest BCUT2D eigenvalue weighted by Gasteiger charge is 2.12. The van der Waals surface area contributed by atoms with Gasteiger partial charge in [0.15, 0.2) is 0 Å². The van der Waals surface area contributed by atoms with Gasteiger partial charge in [-0.3, -0.25) is 9.52 Å². The Labute approximate surface area is 175 Å². The van der Waals surface area contributed by atoms with Crippen LogP contribution in [0.2, 0.25) is 0 Å². The lowest BCUT2D eigenvalue weighted by Gasteiger charge is -2.11. The second-order valence-electron chi connectivity index (χ2n) is 6.98. The maximum absolute atomic E-state index is 12.6. The summed E-state index contributed by atoms with van der Waals surface area (Å²) >= 11 is 0. The number of amides is 1. The molecule has 1 amide bonds. The molecule has 0 aliphatic rings. The highest BCUT2D eigenvalue weighted by molar-refractivity contribution is 7.92. The molecule has 0 aliphatic heterocycles. The van der Waals surface area contributed by atoms with Crippen molar-refractivity contribution in [2.45, 2.75) is 27.4 Å². The molecular formula is C21H23N3O5S. The molecule has 8 nitrogen and oxygen atoms in total. The van der Waals surface area contributed by atoms with Crippen molar-refractivity contribution >= 4 is 27.3 Å². The van der Waals surface area contributed by atoms with Crippen LogP contribution in [-0.2, 0) is 16.6 Å². The molecule has 0 aliphatic carbocycles. The van der Waals surface area contributed by atoms with Gasteiger partial charge in [0.2, 0.25) is 10.0 Å². The highest BCUT2D eigenvalue weighted by atomic mass is 32.2. The second kappa shape index (κ2) is 8.58. The van der Waals surface area contributed by atoms with Crippen molar-refractivity contribution in [2.75, 3.05) is 16.3 Å². The number of carbonyl (C=O) groups is 1. The van der Waals surface area contributed by atoms with Crippen LogP contribution in [-0.4, -0.2) is 25.7 Å². The summed E-state index contributed by atoms with van der Waals surface area (Å²) in [5.41, 5.74) is 3.79. The Morgan fingerprint density at radius 3 is 2.53 bits per heavy atom. The van der Waals surface area contributed by atoms with Crippen LogP contribution in [0.3, 0.4) is 0 Å². The van der Waals surface area contributed by atoms with E-state index in [0.717, 1.165) is 17.5 Å². The van der Waals surface area contributed by atoms with Crippen LogP contribution in [0.1, 0.15) is 32.9 Å². The number of benzene rings is 2. The number of carbonyl (C=O) groups excluding carboxylic acids is 1. The van der Waals surface area contributed by atoms with Crippen molar-refractivity contribution in [1.29, 1.82) is 0 Å². The third-order valence-corrected chi connectivity index (χ3v) is 5.03. The van der Waals surface area contributed by atoms with E-state index >= 15 is 0 Å². The zero-order valence-corrected chi connectivity index (χ0v) is 18.0. The maximum atomic E-state index is 12.6. The molecule has 3 rings (SSSR count). The quantitative estimate of drug-likeness (QED) is 0.591. The molecule has 3 aromatic rings. The van der Waals surface area contributed by atoms with Crippen LogP contribution in [0.25, 0.3) is 0 Å². The van der Waals surface area contributed by atoms with E-state index in [9.17, 15) is 13.2 Å². The third-order valence-electron chi connectivity index (χ3n) is 4.44. The van der Waals surface area contributed by atoms with Crippen LogP contribution in [0.4, 0.5) is 11.4 Å². The molecule has 2 aromatic carbocycles. The molecule has 0 saturated carbocycles. The Bertz CT molecular complexity index is 1170. The molecule has 0 spiro atoms. The molecule has 0 radical (unpaired) electrons. The number of aromatic nitrogens is 1. The summed E-state index contributed by atoms with van der Waals surface area (Å²) < 4.78 is 36.1. The van der Waals surface area contributed by atoms with Crippen molar-refractivity contribution in [2.24, 2.45) is 0 Å². The van der Waals surface area contributed by atoms with Crippen LogP contribution in [0.5, 0.6) is 5.75 Å². The minimum Gasteiger partial charge on any atom is -0.489 e. The Morgan fingerprint density at radius 1 is 1.13 bits per heavy atom. The van der Waals surface area contributed by atoms with E-state index in [2.05, 4.69) is 15.2 Å². The van der Waals surface area contributed by atoms with Crippen LogP contribution < -0.4 is 14.8 Å². The van der Waals surface area contributed by atoms with E-state index in [4.69, 9.17) is 9.26 Å². The summed E-state index contributed by atoms with van der Waals surface area (Å²) in [4.78, 5) is 12.6. The molecule has 30 heavy (non-hydrogen) atoms. The number of sulfonamides is 1. The van der Waals surface area contributed by atoms with Gasteiger partial charge in [-0.2, -0.15) is 0 Å². The topological polar surface area (TPSA) is 111 Å². The molecule has 2 N–H and O–H groups in total. The van der Waals surface area contributed by atoms with Crippen molar-refractivity contribution in [3.8, 4) is 5.75 Å². The van der Waals surface area contributed by atoms with Crippen molar-refractivity contribution in [3.63, 3.8) is 0 Å². The largest absolute Gasteiger partial charge is 0.489 e. The van der Waals surface area contributed by atoms with Gasteiger partial charge >= 0.3 is 0 Å². The van der Waals surface area contributed by atoms with Gasteiger partial charge in [0, 0.05) is 11.3 Å². The van der Waals surface area contributed by atoms with E-state index in [-0.39, 0.29) is 5.91 Å². The maximum Gasteiger partial charge on any atom is 0.255 e. The minimum atomic E-state index is -3.37. The van der Waals surface area contributed by atoms with Gasteiger partial charge in [-0.1, -0.05) is 11.2 Å². The van der Waals surface area contributed by atoms with Gasteiger partial charge in [-0.15, -0.1) is 0 Å². The smallest absolute Gasteiger partial charge is 0.255 e. The van der Waals surface area contributed by atoms with Crippen molar-refractivity contribution < 1.29 is 22.5 Å². The molecule has 0 bridgehead atoms. The number of rotatable bonds is 7. The predicted octanol–water partition coefficient (Wildman–Crippen LogP) is 3.80. The van der Waals surface area contributed by atoms with E-state index < -0.39 is 10.0 Å². The Kier molecular flexibility index (Phi) is 6.12. The average molecular weight is 429 g/mol. The Balaban J connectivity index is 1.68. The molecule has 1 aromatic heterocycles. The standard InChI is InChI=1S/C21H23N3O5S/c1-13-10-17(8-9-20(13)24-30(4,26)27)22-21(25)16-6-5-7-18(11-16)28-12-19-14(2)23-29-15(19)3/h5-11,24H,12H2,1-4H3,(H,22,25). The van der Waals surface area contributed by atoms with Crippen molar-refractivity contribution in [3.05, 3.63) is 70.6 Å². The van der Waals surface area contributed by atoms with E-state index in [0.29, 0.717) is 40.6 Å². The lowest BCUT2D eigenvalue weighted by Crippen LogP contribution is -2.13. The van der Waals surface area contributed by atoms with Gasteiger partial charge < -0.3 is 14.6 Å². The fraction of sp³-hybridized carbons (Fsp3) is 0.238. The van der Waals surface area contributed by atoms with Crippen LogP contribution in [0, 0.1) is 20.8 Å². The summed E-state index contributed by atoms with van der Waals surface area (Å²) in [5.74, 6) is 0.943. The van der Waals surface area contributed by atoms with Gasteiger partial charge in [0.25, 0.3) is 5.91 Å². The predicted molar refractivity (Wildman–Crippen MR) is 114 cm³/mol. The SMILES string of the molecule is Cc1cc(NC(=O)c2cccc(OCc3c(C)noc3C)c2)ccc1NS(C)(=O)=O. The first-order valence-electron chi connectivity index (χ1n) is 9.17. The molecular weight excluding hydrogens is 406 g/mol. The first kappa shape index (κ1) is 21.4. The Morgan fingerprint density at radius 2 is 1.90 bits per heavy atom. The summed E-state index contributed by atoms with van der Waals surface area (Å²) in [7, 11) is -3.37. The summed E-state index contributed by atoms with van der Waals surface area (Å²) in [6.07, 6.45) is 1.09. The van der Waals surface area contributed by atoms with Crippen molar-refractivity contribution in [1.82, 2.24) is 5.16 Å². The lowest BCUT2D eigenvalue weighted by molar-refractivity contribution is 0.102. The summed E-state index contributed by atoms with van der Waals surface area (Å²) in [6.45, 7) is 5.71. The van der Waals surface area contributed by atoms with Gasteiger partial charge in [-0.05, 0) is 62.7 Å². The first-order chi connectivity index (χ1) is 14.1. The monoisotopic (exact) mass is 429 g/mol. The molecule has 0 unspecified atom stereocenters.